The Morgan fingerprint density at radius 1 is 1.28 bits per heavy atom. The van der Waals surface area contributed by atoms with Crippen LogP contribution in [0.15, 0.2) is 30.3 Å². The molecule has 0 aliphatic heterocycles. The molecular formula is C21H21N3O4S. The second-order valence-corrected chi connectivity index (χ2v) is 8.03. The molecule has 1 heterocycles. The molecule has 7 nitrogen and oxygen atoms in total. The quantitative estimate of drug-likeness (QED) is 0.711. The van der Waals surface area contributed by atoms with E-state index in [9.17, 15) is 19.6 Å². The number of ether oxygens (including phenoxy) is 1. The van der Waals surface area contributed by atoms with Gasteiger partial charge in [0.2, 0.25) is 0 Å². The van der Waals surface area contributed by atoms with Crippen molar-refractivity contribution in [2.24, 2.45) is 5.92 Å². The van der Waals surface area contributed by atoms with Gasteiger partial charge in [-0.3, -0.25) is 14.4 Å². The molecule has 0 fully saturated rings. The summed E-state index contributed by atoms with van der Waals surface area (Å²) in [6.07, 6.45) is 2.76. The summed E-state index contributed by atoms with van der Waals surface area (Å²) in [7, 11) is 0. The molecule has 1 aromatic heterocycles. The molecule has 1 unspecified atom stereocenters. The van der Waals surface area contributed by atoms with E-state index in [1.165, 1.54) is 11.3 Å². The second kappa shape index (κ2) is 9.34. The van der Waals surface area contributed by atoms with Crippen LogP contribution in [0.5, 0.6) is 0 Å². The Morgan fingerprint density at radius 2 is 2.03 bits per heavy atom. The van der Waals surface area contributed by atoms with Crippen LogP contribution in [0.4, 0.5) is 5.00 Å². The molecule has 150 valence electrons. The lowest BCUT2D eigenvalue weighted by Crippen LogP contribution is -2.32. The molecule has 2 N–H and O–H groups in total. The van der Waals surface area contributed by atoms with Crippen molar-refractivity contribution in [3.05, 3.63) is 51.9 Å². The zero-order valence-corrected chi connectivity index (χ0v) is 16.8. The van der Waals surface area contributed by atoms with Crippen molar-refractivity contribution in [3.8, 4) is 6.07 Å². The monoisotopic (exact) mass is 411 g/mol. The van der Waals surface area contributed by atoms with Crippen molar-refractivity contribution >= 4 is 34.1 Å². The molecule has 2 amide bonds. The highest BCUT2D eigenvalue weighted by molar-refractivity contribution is 7.16. The molecule has 0 bridgehead atoms. The fourth-order valence-electron chi connectivity index (χ4n) is 3.16. The molecule has 0 saturated heterocycles. The first-order chi connectivity index (χ1) is 14.0. The lowest BCUT2D eigenvalue weighted by molar-refractivity contribution is -0.146. The second-order valence-electron chi connectivity index (χ2n) is 6.93. The summed E-state index contributed by atoms with van der Waals surface area (Å²) < 4.78 is 4.91. The Balaban J connectivity index is 1.48. The van der Waals surface area contributed by atoms with Gasteiger partial charge in [-0.05, 0) is 42.9 Å². The summed E-state index contributed by atoms with van der Waals surface area (Å²) in [6, 6.07) is 10.7. The van der Waals surface area contributed by atoms with Crippen LogP contribution in [0.1, 0.15) is 39.7 Å². The molecule has 8 heteroatoms. The lowest BCUT2D eigenvalue weighted by Gasteiger charge is -2.17. The minimum atomic E-state index is -0.718. The number of hydrogen-bond acceptors (Lipinski definition) is 6. The van der Waals surface area contributed by atoms with Gasteiger partial charge in [0.15, 0.2) is 6.61 Å². The number of nitrogens with zero attached hydrogens (tertiary/aromatic N) is 1. The first-order valence-electron chi connectivity index (χ1n) is 9.31. The van der Waals surface area contributed by atoms with E-state index in [2.05, 4.69) is 23.6 Å². The Bertz CT molecular complexity index is 962. The smallest absolute Gasteiger partial charge is 0.325 e. The maximum atomic E-state index is 12.1. The SMILES string of the molecule is CC1CCc2c(sc(NC(=O)COC(=O)CNC(=O)c3ccccc3)c2C#N)C1. The molecule has 0 radical (unpaired) electrons. The number of rotatable bonds is 6. The standard InChI is InChI=1S/C21H21N3O4S/c1-13-7-8-15-16(10-22)21(29-17(15)9-13)24-18(25)12-28-19(26)11-23-20(27)14-5-3-2-4-6-14/h2-6,13H,7-9,11-12H2,1H3,(H,23,27)(H,24,25). The average molecular weight is 411 g/mol. The van der Waals surface area contributed by atoms with Crippen molar-refractivity contribution in [2.45, 2.75) is 26.2 Å². The Morgan fingerprint density at radius 3 is 2.76 bits per heavy atom. The summed E-state index contributed by atoms with van der Waals surface area (Å²) in [5.41, 5.74) is 1.95. The predicted molar refractivity (Wildman–Crippen MR) is 109 cm³/mol. The van der Waals surface area contributed by atoms with Gasteiger partial charge in [0.05, 0.1) is 5.56 Å². The maximum absolute atomic E-state index is 12.1. The van der Waals surface area contributed by atoms with E-state index < -0.39 is 24.4 Å². The summed E-state index contributed by atoms with van der Waals surface area (Å²) in [5.74, 6) is -1.08. The maximum Gasteiger partial charge on any atom is 0.325 e. The molecule has 0 saturated carbocycles. The highest BCUT2D eigenvalue weighted by Crippen LogP contribution is 2.39. The fourth-order valence-corrected chi connectivity index (χ4v) is 4.54. The Kier molecular flexibility index (Phi) is 6.62. The minimum Gasteiger partial charge on any atom is -0.454 e. The van der Waals surface area contributed by atoms with Crippen LogP contribution in [0.25, 0.3) is 0 Å². The Labute approximate surface area is 172 Å². The van der Waals surface area contributed by atoms with Gasteiger partial charge in [-0.1, -0.05) is 25.1 Å². The van der Waals surface area contributed by atoms with Gasteiger partial charge < -0.3 is 15.4 Å². The Hall–Kier alpha value is -3.18. The number of anilines is 1. The number of nitrogens with one attached hydrogen (secondary N) is 2. The zero-order chi connectivity index (χ0) is 20.8. The van der Waals surface area contributed by atoms with Gasteiger partial charge in [-0.2, -0.15) is 5.26 Å². The molecule has 2 aromatic rings. The molecular weight excluding hydrogens is 390 g/mol. The lowest BCUT2D eigenvalue weighted by atomic mass is 9.89. The van der Waals surface area contributed by atoms with E-state index in [1.54, 1.807) is 30.3 Å². The van der Waals surface area contributed by atoms with E-state index in [4.69, 9.17) is 4.74 Å². The summed E-state index contributed by atoms with van der Waals surface area (Å²) >= 11 is 1.41. The van der Waals surface area contributed by atoms with E-state index in [0.717, 1.165) is 29.7 Å². The van der Waals surface area contributed by atoms with Crippen molar-refractivity contribution in [2.75, 3.05) is 18.5 Å². The van der Waals surface area contributed by atoms with Gasteiger partial charge in [-0.25, -0.2) is 0 Å². The predicted octanol–water partition coefficient (Wildman–Crippen LogP) is 2.66. The third-order valence-corrected chi connectivity index (χ3v) is 5.84. The highest BCUT2D eigenvalue weighted by atomic mass is 32.1. The molecule has 1 aliphatic carbocycles. The normalized spacial score (nSPS) is 15.0. The van der Waals surface area contributed by atoms with E-state index in [1.807, 2.05) is 0 Å². The number of benzene rings is 1. The van der Waals surface area contributed by atoms with Crippen LogP contribution < -0.4 is 10.6 Å². The number of esters is 1. The van der Waals surface area contributed by atoms with Crippen molar-refractivity contribution in [3.63, 3.8) is 0 Å². The van der Waals surface area contributed by atoms with Gasteiger partial charge in [0, 0.05) is 10.4 Å². The fraction of sp³-hybridized carbons (Fsp3) is 0.333. The van der Waals surface area contributed by atoms with Gasteiger partial charge in [0.25, 0.3) is 11.8 Å². The summed E-state index contributed by atoms with van der Waals surface area (Å²) in [4.78, 5) is 37.0. The molecule has 0 spiro atoms. The number of hydrogen-bond donors (Lipinski definition) is 2. The van der Waals surface area contributed by atoms with Crippen LogP contribution in [-0.4, -0.2) is 30.9 Å². The first-order valence-corrected chi connectivity index (χ1v) is 10.1. The molecule has 3 rings (SSSR count). The van der Waals surface area contributed by atoms with E-state index >= 15 is 0 Å². The number of carbonyl (C=O) groups excluding carboxylic acids is 3. The number of thiophene rings is 1. The van der Waals surface area contributed by atoms with Crippen LogP contribution in [-0.2, 0) is 27.2 Å². The van der Waals surface area contributed by atoms with Crippen molar-refractivity contribution in [1.29, 1.82) is 5.26 Å². The van der Waals surface area contributed by atoms with Crippen LogP contribution in [0.2, 0.25) is 0 Å². The molecule has 29 heavy (non-hydrogen) atoms. The first kappa shape index (κ1) is 20.6. The number of fused-ring (bicyclic) bond motifs is 1. The molecule has 1 aliphatic rings. The summed E-state index contributed by atoms with van der Waals surface area (Å²) in [6.45, 7) is 1.35. The van der Waals surface area contributed by atoms with Gasteiger partial charge >= 0.3 is 5.97 Å². The minimum absolute atomic E-state index is 0.338. The third kappa shape index (κ3) is 5.21. The zero-order valence-electron chi connectivity index (χ0n) is 16.0. The van der Waals surface area contributed by atoms with E-state index in [0.29, 0.717) is 22.0 Å². The van der Waals surface area contributed by atoms with Gasteiger partial charge in [0.1, 0.15) is 17.6 Å². The van der Waals surface area contributed by atoms with Crippen molar-refractivity contribution in [1.82, 2.24) is 5.32 Å². The largest absolute Gasteiger partial charge is 0.454 e. The highest BCUT2D eigenvalue weighted by Gasteiger charge is 2.24. The number of carbonyl (C=O) groups is 3. The van der Waals surface area contributed by atoms with Crippen LogP contribution in [0.3, 0.4) is 0 Å². The number of nitriles is 1. The third-order valence-electron chi connectivity index (χ3n) is 4.67. The molecule has 1 atom stereocenters. The molecule has 1 aromatic carbocycles. The van der Waals surface area contributed by atoms with Crippen molar-refractivity contribution < 1.29 is 19.1 Å². The van der Waals surface area contributed by atoms with Crippen LogP contribution in [0, 0.1) is 17.2 Å². The average Bonchev–Trinajstić information content (AvgIpc) is 3.06. The van der Waals surface area contributed by atoms with E-state index in [-0.39, 0.29) is 6.54 Å². The van der Waals surface area contributed by atoms with Crippen LogP contribution >= 0.6 is 11.3 Å². The van der Waals surface area contributed by atoms with Gasteiger partial charge in [-0.15, -0.1) is 11.3 Å². The summed E-state index contributed by atoms with van der Waals surface area (Å²) in [5, 5.41) is 15.1. The topological polar surface area (TPSA) is 108 Å². The number of amides is 2.